The summed E-state index contributed by atoms with van der Waals surface area (Å²) in [6, 6.07) is 12.8. The quantitative estimate of drug-likeness (QED) is 0.771. The number of aromatic nitrogens is 1. The van der Waals surface area contributed by atoms with Crippen LogP contribution in [-0.2, 0) is 4.79 Å². The number of anilines is 1. The summed E-state index contributed by atoms with van der Waals surface area (Å²) in [5, 5.41) is 0. The molecule has 2 aliphatic rings. The van der Waals surface area contributed by atoms with Crippen LogP contribution >= 0.6 is 0 Å². The average molecular weight is 374 g/mol. The van der Waals surface area contributed by atoms with E-state index in [4.69, 9.17) is 4.99 Å². The number of benzene rings is 1. The Kier molecular flexibility index (Phi) is 5.80. The molecule has 1 fully saturated rings. The normalized spacial score (nSPS) is 19.3. The highest BCUT2D eigenvalue weighted by molar-refractivity contribution is 6.15. The highest BCUT2D eigenvalue weighted by Crippen LogP contribution is 2.23. The number of hydrogen-bond donors (Lipinski definition) is 0. The van der Waals surface area contributed by atoms with Crippen LogP contribution in [0.25, 0.3) is 6.08 Å². The second kappa shape index (κ2) is 8.83. The van der Waals surface area contributed by atoms with E-state index < -0.39 is 0 Å². The van der Waals surface area contributed by atoms with Crippen molar-refractivity contribution in [2.24, 2.45) is 4.99 Å². The highest BCUT2D eigenvalue weighted by Gasteiger charge is 2.15. The van der Waals surface area contributed by atoms with Gasteiger partial charge < -0.3 is 9.80 Å². The van der Waals surface area contributed by atoms with Crippen LogP contribution in [0.5, 0.6) is 0 Å². The monoisotopic (exact) mass is 374 g/mol. The van der Waals surface area contributed by atoms with Gasteiger partial charge in [0, 0.05) is 56.4 Å². The standard InChI is InChI=1S/C23H26N4O/c28-18-26-12-3-13-27(15-14-26)22-8-6-19(7-9-22)16-20-4-2-11-25-23(20)21-5-1-10-24-17-21/h1,5-10,16-18H,2-4,11-15H2. The van der Waals surface area contributed by atoms with Gasteiger partial charge in [-0.25, -0.2) is 0 Å². The van der Waals surface area contributed by atoms with E-state index in [1.54, 1.807) is 6.20 Å². The lowest BCUT2D eigenvalue weighted by Gasteiger charge is -2.23. The summed E-state index contributed by atoms with van der Waals surface area (Å²) in [6.07, 6.45) is 10.1. The molecule has 28 heavy (non-hydrogen) atoms. The first kappa shape index (κ1) is 18.4. The van der Waals surface area contributed by atoms with Gasteiger partial charge in [0.25, 0.3) is 0 Å². The molecule has 1 aromatic carbocycles. The van der Waals surface area contributed by atoms with Gasteiger partial charge in [0.05, 0.1) is 5.71 Å². The lowest BCUT2D eigenvalue weighted by Crippen LogP contribution is -2.29. The average Bonchev–Trinajstić information content (AvgIpc) is 3.01. The largest absolute Gasteiger partial charge is 0.370 e. The predicted molar refractivity (Wildman–Crippen MR) is 114 cm³/mol. The van der Waals surface area contributed by atoms with Crippen LogP contribution < -0.4 is 4.90 Å². The first-order valence-electron chi connectivity index (χ1n) is 10.0. The van der Waals surface area contributed by atoms with Gasteiger partial charge in [-0.15, -0.1) is 0 Å². The van der Waals surface area contributed by atoms with Crippen molar-refractivity contribution in [3.8, 4) is 0 Å². The van der Waals surface area contributed by atoms with Crippen molar-refractivity contribution in [1.29, 1.82) is 0 Å². The molecule has 1 saturated heterocycles. The number of pyridine rings is 1. The van der Waals surface area contributed by atoms with E-state index in [-0.39, 0.29) is 0 Å². The molecule has 2 aromatic rings. The van der Waals surface area contributed by atoms with Crippen molar-refractivity contribution in [3.63, 3.8) is 0 Å². The number of carbonyl (C=O) groups is 1. The molecule has 1 amide bonds. The summed E-state index contributed by atoms with van der Waals surface area (Å²) in [7, 11) is 0. The Balaban J connectivity index is 1.51. The second-order valence-electron chi connectivity index (χ2n) is 7.32. The van der Waals surface area contributed by atoms with Crippen molar-refractivity contribution in [1.82, 2.24) is 9.88 Å². The van der Waals surface area contributed by atoms with Gasteiger partial charge in [0.2, 0.25) is 6.41 Å². The Hall–Kier alpha value is -2.95. The number of rotatable bonds is 4. The van der Waals surface area contributed by atoms with Crippen LogP contribution in [0, 0.1) is 0 Å². The molecule has 2 aliphatic heterocycles. The lowest BCUT2D eigenvalue weighted by atomic mass is 9.95. The van der Waals surface area contributed by atoms with Gasteiger partial charge in [0.15, 0.2) is 0 Å². The summed E-state index contributed by atoms with van der Waals surface area (Å²) in [4.78, 5) is 24.2. The van der Waals surface area contributed by atoms with Crippen LogP contribution in [-0.4, -0.2) is 54.7 Å². The Bertz CT molecular complexity index is 858. The van der Waals surface area contributed by atoms with E-state index in [0.717, 1.165) is 69.7 Å². The fourth-order valence-corrected chi connectivity index (χ4v) is 3.88. The van der Waals surface area contributed by atoms with Gasteiger partial charge in [-0.3, -0.25) is 14.8 Å². The molecule has 0 atom stereocenters. The third kappa shape index (κ3) is 4.30. The molecule has 0 unspecified atom stereocenters. The van der Waals surface area contributed by atoms with Crippen LogP contribution in [0.4, 0.5) is 5.69 Å². The molecule has 5 nitrogen and oxygen atoms in total. The molecule has 0 bridgehead atoms. The summed E-state index contributed by atoms with van der Waals surface area (Å²) >= 11 is 0. The zero-order valence-electron chi connectivity index (χ0n) is 16.1. The maximum atomic E-state index is 11.0. The smallest absolute Gasteiger partial charge is 0.209 e. The summed E-state index contributed by atoms with van der Waals surface area (Å²) in [5.41, 5.74) is 5.86. The highest BCUT2D eigenvalue weighted by atomic mass is 16.1. The van der Waals surface area contributed by atoms with E-state index in [1.165, 1.54) is 16.8 Å². The molecule has 0 N–H and O–H groups in total. The third-order valence-corrected chi connectivity index (χ3v) is 5.39. The Labute approximate surface area is 166 Å². The molecule has 3 heterocycles. The number of carbonyl (C=O) groups excluding carboxylic acids is 1. The Morgan fingerprint density at radius 1 is 0.964 bits per heavy atom. The molecule has 0 aliphatic carbocycles. The summed E-state index contributed by atoms with van der Waals surface area (Å²) in [6.45, 7) is 4.40. The fourth-order valence-electron chi connectivity index (χ4n) is 3.88. The summed E-state index contributed by atoms with van der Waals surface area (Å²) in [5.74, 6) is 0. The van der Waals surface area contributed by atoms with Crippen LogP contribution in [0.2, 0.25) is 0 Å². The molecular weight excluding hydrogens is 348 g/mol. The van der Waals surface area contributed by atoms with Crippen molar-refractivity contribution in [3.05, 3.63) is 65.5 Å². The van der Waals surface area contributed by atoms with Crippen LogP contribution in [0.3, 0.4) is 0 Å². The number of hydrogen-bond acceptors (Lipinski definition) is 4. The zero-order valence-corrected chi connectivity index (χ0v) is 16.1. The molecular formula is C23H26N4O. The third-order valence-electron chi connectivity index (χ3n) is 5.39. The molecule has 0 spiro atoms. The molecule has 144 valence electrons. The van der Waals surface area contributed by atoms with Crippen LogP contribution in [0.1, 0.15) is 30.4 Å². The molecule has 0 saturated carbocycles. The Morgan fingerprint density at radius 2 is 1.86 bits per heavy atom. The number of allylic oxidation sites excluding steroid dienone is 1. The second-order valence-corrected chi connectivity index (χ2v) is 7.32. The van der Waals surface area contributed by atoms with Gasteiger partial charge >= 0.3 is 0 Å². The number of amides is 1. The minimum absolute atomic E-state index is 0.792. The number of nitrogens with zero attached hydrogens (tertiary/aromatic N) is 4. The maximum Gasteiger partial charge on any atom is 0.209 e. The molecule has 0 radical (unpaired) electrons. The Morgan fingerprint density at radius 3 is 2.64 bits per heavy atom. The zero-order chi connectivity index (χ0) is 19.2. The SMILES string of the molecule is O=CN1CCCN(c2ccc(C=C3CCCN=C3c3cccnc3)cc2)CC1. The van der Waals surface area contributed by atoms with E-state index >= 15 is 0 Å². The van der Waals surface area contributed by atoms with Gasteiger partial charge in [0.1, 0.15) is 0 Å². The maximum absolute atomic E-state index is 11.0. The molecule has 1 aromatic heterocycles. The van der Waals surface area contributed by atoms with Crippen molar-refractivity contribution < 1.29 is 4.79 Å². The lowest BCUT2D eigenvalue weighted by molar-refractivity contribution is -0.117. The van der Waals surface area contributed by atoms with Gasteiger partial charge in [-0.2, -0.15) is 0 Å². The summed E-state index contributed by atoms with van der Waals surface area (Å²) < 4.78 is 0. The van der Waals surface area contributed by atoms with Crippen molar-refractivity contribution in [2.75, 3.05) is 37.6 Å². The van der Waals surface area contributed by atoms with E-state index in [2.05, 4.69) is 46.3 Å². The first-order valence-corrected chi connectivity index (χ1v) is 10.0. The van der Waals surface area contributed by atoms with Gasteiger partial charge in [-0.05, 0) is 60.7 Å². The predicted octanol–water partition coefficient (Wildman–Crippen LogP) is 3.42. The van der Waals surface area contributed by atoms with Crippen LogP contribution in [0.15, 0.2) is 59.4 Å². The molecule has 5 heteroatoms. The van der Waals surface area contributed by atoms with E-state index in [9.17, 15) is 4.79 Å². The fraction of sp³-hybridized carbons (Fsp3) is 0.348. The first-order chi connectivity index (χ1) is 13.8. The minimum atomic E-state index is 0.792. The van der Waals surface area contributed by atoms with E-state index in [0.29, 0.717) is 0 Å². The van der Waals surface area contributed by atoms with Gasteiger partial charge in [-0.1, -0.05) is 12.1 Å². The number of aliphatic imine (C=N–C) groups is 1. The van der Waals surface area contributed by atoms with Crippen molar-refractivity contribution in [2.45, 2.75) is 19.3 Å². The van der Waals surface area contributed by atoms with E-state index in [1.807, 2.05) is 17.2 Å². The minimum Gasteiger partial charge on any atom is -0.370 e. The topological polar surface area (TPSA) is 48.8 Å². The van der Waals surface area contributed by atoms with Crippen molar-refractivity contribution >= 4 is 23.9 Å². The molecule has 4 rings (SSSR count).